The normalized spacial score (nSPS) is 12.6. The van der Waals surface area contributed by atoms with Crippen LogP contribution in [0.4, 0.5) is 0 Å². The third-order valence-electron chi connectivity index (χ3n) is 4.91. The Bertz CT molecular complexity index is 346. The number of rotatable bonds is 22. The first-order chi connectivity index (χ1) is 14.2. The first-order valence-corrected chi connectivity index (χ1v) is 14.3. The van der Waals surface area contributed by atoms with E-state index in [0.29, 0.717) is 0 Å². The fourth-order valence-electron chi connectivity index (χ4n) is 3.01. The predicted molar refractivity (Wildman–Crippen MR) is 129 cm³/mol. The van der Waals surface area contributed by atoms with Crippen molar-refractivity contribution in [2.75, 3.05) is 19.8 Å². The number of hydrogen-bond donors (Lipinski definition) is 0. The maximum atomic E-state index is 6.37. The van der Waals surface area contributed by atoms with Crippen molar-refractivity contribution in [3.8, 4) is 0 Å². The molecule has 0 unspecified atom stereocenters. The summed E-state index contributed by atoms with van der Waals surface area (Å²) < 4.78 is 19.1. The third kappa shape index (κ3) is 18.1. The Labute approximate surface area is 183 Å². The topological polar surface area (TPSA) is 27.7 Å². The van der Waals surface area contributed by atoms with Crippen molar-refractivity contribution in [2.24, 2.45) is 0 Å². The van der Waals surface area contributed by atoms with Crippen molar-refractivity contribution in [3.05, 3.63) is 23.9 Å². The van der Waals surface area contributed by atoms with Gasteiger partial charge >= 0.3 is 8.80 Å². The van der Waals surface area contributed by atoms with Crippen LogP contribution in [0.1, 0.15) is 118 Å². The van der Waals surface area contributed by atoms with E-state index in [-0.39, 0.29) is 0 Å². The number of hydrogen-bond acceptors (Lipinski definition) is 3. The maximum absolute atomic E-state index is 6.37. The van der Waals surface area contributed by atoms with Crippen LogP contribution in [0.2, 0.25) is 0 Å². The highest BCUT2D eigenvalue weighted by molar-refractivity contribution is 6.66. The fourth-order valence-corrected chi connectivity index (χ4v) is 5.19. The molecule has 0 rings (SSSR count). The van der Waals surface area contributed by atoms with Crippen LogP contribution in [0.5, 0.6) is 0 Å². The summed E-state index contributed by atoms with van der Waals surface area (Å²) in [5.74, 6) is 0. The molecule has 0 bridgehead atoms. The zero-order chi connectivity index (χ0) is 21.5. The third-order valence-corrected chi connectivity index (χ3v) is 7.33. The maximum Gasteiger partial charge on any atom is 0.529 e. The molecule has 0 aliphatic heterocycles. The molecule has 0 N–H and O–H groups in total. The van der Waals surface area contributed by atoms with Gasteiger partial charge in [0, 0.05) is 19.8 Å². The highest BCUT2D eigenvalue weighted by Gasteiger charge is 2.38. The predicted octanol–water partition coefficient (Wildman–Crippen LogP) is 8.17. The van der Waals surface area contributed by atoms with Crippen LogP contribution in [0.3, 0.4) is 0 Å². The largest absolute Gasteiger partial charge is 0.529 e. The van der Waals surface area contributed by atoms with Gasteiger partial charge in [0.15, 0.2) is 0 Å². The minimum Gasteiger partial charge on any atom is -0.370 e. The Morgan fingerprint density at radius 2 is 0.966 bits per heavy atom. The number of unbranched alkanes of at least 4 members (excludes halogenated alkanes) is 10. The van der Waals surface area contributed by atoms with Crippen LogP contribution < -0.4 is 0 Å². The summed E-state index contributed by atoms with van der Waals surface area (Å²) in [6.45, 7) is 11.1. The summed E-state index contributed by atoms with van der Waals surface area (Å²) in [6, 6.07) is 0. The molecule has 0 aliphatic rings. The van der Waals surface area contributed by atoms with Gasteiger partial charge in [0.05, 0.1) is 0 Å². The molecule has 3 nitrogen and oxygen atoms in total. The molecule has 0 heterocycles. The van der Waals surface area contributed by atoms with Crippen molar-refractivity contribution in [1.82, 2.24) is 0 Å². The van der Waals surface area contributed by atoms with Gasteiger partial charge in [0.25, 0.3) is 0 Å². The van der Waals surface area contributed by atoms with Crippen molar-refractivity contribution in [3.63, 3.8) is 0 Å². The fraction of sp³-hybridized carbons (Fsp3) is 0.840. The molecule has 0 atom stereocenters. The molecule has 4 heteroatoms. The summed E-state index contributed by atoms with van der Waals surface area (Å²) in [6.07, 6.45) is 23.1. The summed E-state index contributed by atoms with van der Waals surface area (Å²) in [7, 11) is -2.77. The Morgan fingerprint density at radius 3 is 1.34 bits per heavy atom. The van der Waals surface area contributed by atoms with Gasteiger partial charge in [0.2, 0.25) is 0 Å². The standard InChI is InChI=1S/C25H50O3Si/c1-5-9-13-17-21-25-29(26-22-18-14-10-6-2,27-23-19-15-11-7-3)28-24-20-16-12-8-4/h13,17,21,25H,5-12,14-16,18-20,22-24H2,1-4H3. The van der Waals surface area contributed by atoms with Gasteiger partial charge in [-0.2, -0.15) is 0 Å². The molecule has 29 heavy (non-hydrogen) atoms. The zero-order valence-corrected chi connectivity index (χ0v) is 21.1. The lowest BCUT2D eigenvalue weighted by Crippen LogP contribution is -2.45. The molecular formula is C25H50O3Si. The molecule has 0 saturated heterocycles. The zero-order valence-electron chi connectivity index (χ0n) is 20.1. The molecule has 0 fully saturated rings. The minimum atomic E-state index is -2.77. The molecule has 0 aliphatic carbocycles. The van der Waals surface area contributed by atoms with E-state index in [0.717, 1.165) is 45.5 Å². The monoisotopic (exact) mass is 426 g/mol. The second kappa shape index (κ2) is 22.3. The Hall–Kier alpha value is -0.423. The molecule has 0 radical (unpaired) electrons. The SMILES string of the molecule is CCCC=CC=C[Si](OCCCCCC)(OCCCCCC)OCCCCCC. The van der Waals surface area contributed by atoms with Gasteiger partial charge in [-0.3, -0.25) is 0 Å². The van der Waals surface area contributed by atoms with Gasteiger partial charge < -0.3 is 13.3 Å². The van der Waals surface area contributed by atoms with E-state index < -0.39 is 8.80 Å². The van der Waals surface area contributed by atoms with E-state index in [9.17, 15) is 0 Å². The van der Waals surface area contributed by atoms with Crippen molar-refractivity contribution in [2.45, 2.75) is 118 Å². The van der Waals surface area contributed by atoms with E-state index in [1.165, 1.54) is 64.2 Å². The molecule has 172 valence electrons. The Morgan fingerprint density at radius 1 is 0.517 bits per heavy atom. The Balaban J connectivity index is 4.91. The van der Waals surface area contributed by atoms with Crippen LogP contribution in [0.25, 0.3) is 0 Å². The smallest absolute Gasteiger partial charge is 0.370 e. The first kappa shape index (κ1) is 28.6. The van der Waals surface area contributed by atoms with E-state index >= 15 is 0 Å². The second-order valence-corrected chi connectivity index (χ2v) is 10.3. The van der Waals surface area contributed by atoms with E-state index in [2.05, 4.69) is 51.6 Å². The summed E-state index contributed by atoms with van der Waals surface area (Å²) in [5, 5.41) is 0. The Kier molecular flexibility index (Phi) is 21.9. The summed E-state index contributed by atoms with van der Waals surface area (Å²) in [5.41, 5.74) is 2.11. The van der Waals surface area contributed by atoms with Crippen molar-refractivity contribution < 1.29 is 13.3 Å². The molecule has 0 aromatic rings. The van der Waals surface area contributed by atoms with Gasteiger partial charge in [-0.25, -0.2) is 0 Å². The first-order valence-electron chi connectivity index (χ1n) is 12.5. The highest BCUT2D eigenvalue weighted by Crippen LogP contribution is 2.17. The van der Waals surface area contributed by atoms with Crippen LogP contribution in [-0.4, -0.2) is 28.6 Å². The molecule has 0 saturated carbocycles. The summed E-state index contributed by atoms with van der Waals surface area (Å²) in [4.78, 5) is 0. The second-order valence-electron chi connectivity index (χ2n) is 7.91. The van der Waals surface area contributed by atoms with Crippen LogP contribution in [0, 0.1) is 0 Å². The van der Waals surface area contributed by atoms with Crippen molar-refractivity contribution >= 4 is 8.80 Å². The van der Waals surface area contributed by atoms with Gasteiger partial charge in [0.1, 0.15) is 0 Å². The van der Waals surface area contributed by atoms with Gasteiger partial charge in [-0.1, -0.05) is 110 Å². The highest BCUT2D eigenvalue weighted by atomic mass is 28.4. The summed E-state index contributed by atoms with van der Waals surface area (Å²) >= 11 is 0. The van der Waals surface area contributed by atoms with Crippen LogP contribution in [0.15, 0.2) is 23.9 Å². The molecule has 0 amide bonds. The minimum absolute atomic E-state index is 0.735. The van der Waals surface area contributed by atoms with Crippen LogP contribution in [-0.2, 0) is 13.3 Å². The average molecular weight is 427 g/mol. The van der Waals surface area contributed by atoms with Crippen molar-refractivity contribution in [1.29, 1.82) is 0 Å². The van der Waals surface area contributed by atoms with E-state index in [1.54, 1.807) is 0 Å². The van der Waals surface area contributed by atoms with Gasteiger partial charge in [-0.15, -0.1) is 0 Å². The van der Waals surface area contributed by atoms with Crippen LogP contribution >= 0.6 is 0 Å². The molecule has 0 aromatic heterocycles. The molecule has 0 aromatic carbocycles. The van der Waals surface area contributed by atoms with E-state index in [1.807, 2.05) is 0 Å². The quantitative estimate of drug-likeness (QED) is 0.0992. The van der Waals surface area contributed by atoms with Gasteiger partial charge in [-0.05, 0) is 31.4 Å². The molecule has 0 spiro atoms. The average Bonchev–Trinajstić information content (AvgIpc) is 2.73. The lowest BCUT2D eigenvalue weighted by atomic mass is 10.2. The lowest BCUT2D eigenvalue weighted by molar-refractivity contribution is 0.0673. The van der Waals surface area contributed by atoms with E-state index in [4.69, 9.17) is 13.3 Å². The number of allylic oxidation sites excluding steroid dienone is 3. The molecular weight excluding hydrogens is 376 g/mol. The lowest BCUT2D eigenvalue weighted by Gasteiger charge is -2.27.